The van der Waals surface area contributed by atoms with E-state index in [2.05, 4.69) is 56.7 Å². The van der Waals surface area contributed by atoms with Gasteiger partial charge in [-0.15, -0.1) is 11.8 Å². The predicted octanol–water partition coefficient (Wildman–Crippen LogP) is 5.23. The zero-order chi connectivity index (χ0) is 18.8. The SMILES string of the molecule is C=Cc1c(SCc2ccc(C(C)(C)C)cc2)cnn(C(C)(C)C)c1=O. The molecule has 0 amide bonds. The fourth-order valence-corrected chi connectivity index (χ4v) is 3.46. The summed E-state index contributed by atoms with van der Waals surface area (Å²) < 4.78 is 1.52. The van der Waals surface area contributed by atoms with Crippen LogP contribution < -0.4 is 5.56 Å². The van der Waals surface area contributed by atoms with Gasteiger partial charge in [-0.3, -0.25) is 4.79 Å². The van der Waals surface area contributed by atoms with E-state index in [4.69, 9.17) is 0 Å². The van der Waals surface area contributed by atoms with Gasteiger partial charge >= 0.3 is 0 Å². The highest BCUT2D eigenvalue weighted by atomic mass is 32.2. The fourth-order valence-electron chi connectivity index (χ4n) is 2.49. The van der Waals surface area contributed by atoms with Gasteiger partial charge in [0.1, 0.15) is 0 Å². The second-order valence-electron chi connectivity index (χ2n) is 8.25. The lowest BCUT2D eigenvalue weighted by molar-refractivity contribution is 0.335. The van der Waals surface area contributed by atoms with Gasteiger partial charge in [0.25, 0.3) is 5.56 Å². The summed E-state index contributed by atoms with van der Waals surface area (Å²) in [6.45, 7) is 16.4. The first-order chi connectivity index (χ1) is 11.5. The van der Waals surface area contributed by atoms with Crippen molar-refractivity contribution in [3.63, 3.8) is 0 Å². The minimum absolute atomic E-state index is 0.0874. The molecule has 2 aromatic rings. The molecule has 0 radical (unpaired) electrons. The Kier molecular flexibility index (Phi) is 5.62. The second-order valence-corrected chi connectivity index (χ2v) is 9.27. The fraction of sp³-hybridized carbons (Fsp3) is 0.429. The van der Waals surface area contributed by atoms with Crippen LogP contribution in [0.5, 0.6) is 0 Å². The van der Waals surface area contributed by atoms with Gasteiger partial charge in [-0.25, -0.2) is 4.68 Å². The average molecular weight is 357 g/mol. The molecule has 1 heterocycles. The Morgan fingerprint density at radius 1 is 1.12 bits per heavy atom. The van der Waals surface area contributed by atoms with Crippen molar-refractivity contribution in [2.24, 2.45) is 0 Å². The molecular weight excluding hydrogens is 328 g/mol. The van der Waals surface area contributed by atoms with Crippen LogP contribution in [-0.2, 0) is 16.7 Å². The molecule has 0 aliphatic carbocycles. The van der Waals surface area contributed by atoms with Crippen molar-refractivity contribution in [3.8, 4) is 0 Å². The average Bonchev–Trinajstić information content (AvgIpc) is 2.51. The van der Waals surface area contributed by atoms with Crippen molar-refractivity contribution in [2.75, 3.05) is 0 Å². The van der Waals surface area contributed by atoms with Crippen LogP contribution in [0.25, 0.3) is 6.08 Å². The molecule has 0 bridgehead atoms. The molecule has 1 aromatic heterocycles. The zero-order valence-electron chi connectivity index (χ0n) is 16.1. The zero-order valence-corrected chi connectivity index (χ0v) is 16.9. The van der Waals surface area contributed by atoms with E-state index in [9.17, 15) is 4.79 Å². The summed E-state index contributed by atoms with van der Waals surface area (Å²) in [7, 11) is 0. The molecule has 0 aliphatic rings. The minimum atomic E-state index is -0.346. The van der Waals surface area contributed by atoms with E-state index in [0.717, 1.165) is 10.6 Å². The Hall–Kier alpha value is -1.81. The van der Waals surface area contributed by atoms with Gasteiger partial charge in [-0.05, 0) is 37.3 Å². The van der Waals surface area contributed by atoms with Crippen molar-refractivity contribution in [1.29, 1.82) is 0 Å². The summed E-state index contributed by atoms with van der Waals surface area (Å²) in [6.07, 6.45) is 3.41. The van der Waals surface area contributed by atoms with E-state index in [1.807, 2.05) is 20.8 Å². The van der Waals surface area contributed by atoms with Crippen molar-refractivity contribution in [2.45, 2.75) is 63.1 Å². The molecule has 3 nitrogen and oxygen atoms in total. The molecule has 0 spiro atoms. The molecule has 0 saturated carbocycles. The Morgan fingerprint density at radius 3 is 2.20 bits per heavy atom. The molecule has 1 aromatic carbocycles. The normalized spacial score (nSPS) is 12.2. The summed E-state index contributed by atoms with van der Waals surface area (Å²) in [6, 6.07) is 8.68. The Bertz CT molecular complexity index is 806. The largest absolute Gasteiger partial charge is 0.275 e. The van der Waals surface area contributed by atoms with Crippen LogP contribution in [0.15, 0.2) is 46.7 Å². The number of benzene rings is 1. The molecule has 0 atom stereocenters. The smallest absolute Gasteiger partial charge is 0.267 e. The van der Waals surface area contributed by atoms with Crippen LogP contribution in [0, 0.1) is 0 Å². The van der Waals surface area contributed by atoms with Crippen molar-refractivity contribution in [1.82, 2.24) is 9.78 Å². The van der Waals surface area contributed by atoms with Crippen LogP contribution >= 0.6 is 11.8 Å². The van der Waals surface area contributed by atoms with E-state index in [1.54, 1.807) is 24.0 Å². The number of aromatic nitrogens is 2. The van der Waals surface area contributed by atoms with Crippen LogP contribution in [0.1, 0.15) is 58.2 Å². The van der Waals surface area contributed by atoms with Crippen molar-refractivity contribution in [3.05, 3.63) is 64.1 Å². The van der Waals surface area contributed by atoms with E-state index in [-0.39, 0.29) is 16.5 Å². The molecule has 2 rings (SSSR count). The predicted molar refractivity (Wildman–Crippen MR) is 108 cm³/mol. The first kappa shape index (κ1) is 19.5. The highest BCUT2D eigenvalue weighted by molar-refractivity contribution is 7.98. The van der Waals surface area contributed by atoms with Crippen molar-refractivity contribution < 1.29 is 0 Å². The number of thioether (sulfide) groups is 1. The molecule has 25 heavy (non-hydrogen) atoms. The van der Waals surface area contributed by atoms with Gasteiger partial charge in [0.2, 0.25) is 0 Å². The van der Waals surface area contributed by atoms with Crippen LogP contribution in [0.2, 0.25) is 0 Å². The maximum absolute atomic E-state index is 12.6. The van der Waals surface area contributed by atoms with Gasteiger partial charge in [-0.2, -0.15) is 5.10 Å². The lowest BCUT2D eigenvalue weighted by Gasteiger charge is -2.21. The molecule has 0 aliphatic heterocycles. The summed E-state index contributed by atoms with van der Waals surface area (Å²) in [5, 5.41) is 4.35. The lowest BCUT2D eigenvalue weighted by Crippen LogP contribution is -2.37. The third-order valence-electron chi connectivity index (χ3n) is 4.03. The third kappa shape index (κ3) is 4.63. The van der Waals surface area contributed by atoms with E-state index < -0.39 is 0 Å². The summed E-state index contributed by atoms with van der Waals surface area (Å²) in [5.41, 5.74) is 2.90. The topological polar surface area (TPSA) is 34.9 Å². The number of hydrogen-bond acceptors (Lipinski definition) is 3. The van der Waals surface area contributed by atoms with Crippen LogP contribution in [0.4, 0.5) is 0 Å². The number of nitrogens with zero attached hydrogens (tertiary/aromatic N) is 2. The number of rotatable bonds is 4. The standard InChI is InChI=1S/C21H28N2OS/c1-8-17-18(13-22-23(19(17)24)21(5,6)7)25-14-15-9-11-16(12-10-15)20(2,3)4/h8-13H,1,14H2,2-7H3. The summed E-state index contributed by atoms with van der Waals surface area (Å²) in [4.78, 5) is 13.5. The number of hydrogen-bond donors (Lipinski definition) is 0. The molecule has 4 heteroatoms. The Labute approximate surface area is 155 Å². The van der Waals surface area contributed by atoms with Gasteiger partial charge < -0.3 is 0 Å². The molecule has 0 N–H and O–H groups in total. The Morgan fingerprint density at radius 2 is 1.72 bits per heavy atom. The van der Waals surface area contributed by atoms with E-state index >= 15 is 0 Å². The van der Waals surface area contributed by atoms with Gasteiger partial charge in [0, 0.05) is 10.6 Å². The lowest BCUT2D eigenvalue weighted by atomic mass is 9.87. The molecule has 0 saturated heterocycles. The van der Waals surface area contributed by atoms with Crippen LogP contribution in [-0.4, -0.2) is 9.78 Å². The van der Waals surface area contributed by atoms with E-state index in [0.29, 0.717) is 5.56 Å². The molecule has 0 fully saturated rings. The first-order valence-corrected chi connectivity index (χ1v) is 9.50. The maximum Gasteiger partial charge on any atom is 0.275 e. The summed E-state index contributed by atoms with van der Waals surface area (Å²) >= 11 is 1.62. The van der Waals surface area contributed by atoms with Crippen LogP contribution in [0.3, 0.4) is 0 Å². The molecular formula is C21H28N2OS. The highest BCUT2D eigenvalue weighted by Crippen LogP contribution is 2.27. The van der Waals surface area contributed by atoms with E-state index in [1.165, 1.54) is 15.8 Å². The van der Waals surface area contributed by atoms with Gasteiger partial charge in [0.05, 0.1) is 17.3 Å². The first-order valence-electron chi connectivity index (χ1n) is 8.51. The molecule has 134 valence electrons. The maximum atomic E-state index is 12.6. The summed E-state index contributed by atoms with van der Waals surface area (Å²) in [5.74, 6) is 0.798. The molecule has 0 unspecified atom stereocenters. The Balaban J connectivity index is 2.22. The third-order valence-corrected chi connectivity index (χ3v) is 5.15. The minimum Gasteiger partial charge on any atom is -0.267 e. The van der Waals surface area contributed by atoms with Gasteiger partial charge in [-0.1, -0.05) is 57.7 Å². The monoisotopic (exact) mass is 356 g/mol. The van der Waals surface area contributed by atoms with Gasteiger partial charge in [0.15, 0.2) is 0 Å². The quantitative estimate of drug-likeness (QED) is 0.704. The second kappa shape index (κ2) is 7.20. The highest BCUT2D eigenvalue weighted by Gasteiger charge is 2.19. The van der Waals surface area contributed by atoms with Crippen molar-refractivity contribution >= 4 is 17.8 Å².